The zero-order valence-corrected chi connectivity index (χ0v) is 13.2. The maximum Gasteiger partial charge on any atom is 0.137 e. The van der Waals surface area contributed by atoms with Crippen LogP contribution in [0.25, 0.3) is 0 Å². The van der Waals surface area contributed by atoms with Gasteiger partial charge in [0.25, 0.3) is 0 Å². The maximum atomic E-state index is 6.15. The van der Waals surface area contributed by atoms with Crippen LogP contribution in [0.5, 0.6) is 5.75 Å². The van der Waals surface area contributed by atoms with Crippen molar-refractivity contribution in [2.45, 2.75) is 13.5 Å². The van der Waals surface area contributed by atoms with Gasteiger partial charge in [0.2, 0.25) is 0 Å². The molecule has 0 saturated carbocycles. The van der Waals surface area contributed by atoms with Crippen LogP contribution in [0.1, 0.15) is 12.5 Å². The van der Waals surface area contributed by atoms with Gasteiger partial charge in [-0.3, -0.25) is 0 Å². The molecule has 20 heavy (non-hydrogen) atoms. The fourth-order valence-electron chi connectivity index (χ4n) is 1.76. The lowest BCUT2D eigenvalue weighted by Crippen LogP contribution is -2.00. The number of halogens is 3. The van der Waals surface area contributed by atoms with Crippen molar-refractivity contribution in [1.82, 2.24) is 0 Å². The number of hydrogen-bond acceptors (Lipinski definition) is 2. The van der Waals surface area contributed by atoms with E-state index in [1.165, 1.54) is 0 Å². The first kappa shape index (κ1) is 15.3. The summed E-state index contributed by atoms with van der Waals surface area (Å²) in [6, 6.07) is 11.0. The Labute approximate surface area is 133 Å². The molecule has 2 rings (SSSR count). The van der Waals surface area contributed by atoms with E-state index in [2.05, 4.69) is 5.32 Å². The predicted molar refractivity (Wildman–Crippen MR) is 86.4 cm³/mol. The van der Waals surface area contributed by atoms with Crippen LogP contribution in [0.2, 0.25) is 15.1 Å². The summed E-state index contributed by atoms with van der Waals surface area (Å²) in [5.41, 5.74) is 1.83. The second-order valence-corrected chi connectivity index (χ2v) is 5.43. The summed E-state index contributed by atoms with van der Waals surface area (Å²) in [6.07, 6.45) is 0. The van der Waals surface area contributed by atoms with Gasteiger partial charge in [0.05, 0.1) is 22.3 Å². The minimum Gasteiger partial charge on any atom is -0.492 e. The van der Waals surface area contributed by atoms with E-state index in [-0.39, 0.29) is 0 Å². The van der Waals surface area contributed by atoms with Crippen molar-refractivity contribution in [3.63, 3.8) is 0 Å². The van der Waals surface area contributed by atoms with Gasteiger partial charge < -0.3 is 10.1 Å². The van der Waals surface area contributed by atoms with E-state index in [0.717, 1.165) is 11.3 Å². The molecule has 106 valence electrons. The van der Waals surface area contributed by atoms with Crippen molar-refractivity contribution >= 4 is 40.5 Å². The Hall–Kier alpha value is -1.09. The summed E-state index contributed by atoms with van der Waals surface area (Å²) in [6.45, 7) is 3.12. The second-order valence-electron chi connectivity index (χ2n) is 4.18. The maximum absolute atomic E-state index is 6.15. The van der Waals surface area contributed by atoms with E-state index in [1.807, 2.05) is 25.1 Å². The number of benzene rings is 2. The number of hydrogen-bond donors (Lipinski definition) is 1. The fourth-order valence-corrected chi connectivity index (χ4v) is 2.37. The van der Waals surface area contributed by atoms with Crippen LogP contribution in [0.4, 0.5) is 5.69 Å². The Balaban J connectivity index is 2.07. The summed E-state index contributed by atoms with van der Waals surface area (Å²) >= 11 is 18.2. The van der Waals surface area contributed by atoms with E-state index in [4.69, 9.17) is 39.5 Å². The van der Waals surface area contributed by atoms with E-state index in [9.17, 15) is 0 Å². The lowest BCUT2D eigenvalue weighted by Gasteiger charge is -2.11. The summed E-state index contributed by atoms with van der Waals surface area (Å²) in [5, 5.41) is 5.10. The van der Waals surface area contributed by atoms with Crippen molar-refractivity contribution < 1.29 is 4.74 Å². The highest BCUT2D eigenvalue weighted by Gasteiger charge is 2.04. The first-order chi connectivity index (χ1) is 9.60. The molecule has 0 aliphatic rings. The first-order valence-corrected chi connectivity index (χ1v) is 7.33. The van der Waals surface area contributed by atoms with Gasteiger partial charge in [-0.25, -0.2) is 0 Å². The first-order valence-electron chi connectivity index (χ1n) is 6.20. The molecule has 2 aromatic carbocycles. The summed E-state index contributed by atoms with van der Waals surface area (Å²) in [7, 11) is 0. The Kier molecular flexibility index (Phi) is 5.41. The number of anilines is 1. The molecular weight excluding hydrogens is 317 g/mol. The van der Waals surface area contributed by atoms with Crippen molar-refractivity contribution in [2.24, 2.45) is 0 Å². The highest BCUT2D eigenvalue weighted by Crippen LogP contribution is 2.28. The molecule has 0 aliphatic carbocycles. The van der Waals surface area contributed by atoms with Gasteiger partial charge >= 0.3 is 0 Å². The normalized spacial score (nSPS) is 10.4. The minimum absolute atomic E-state index is 0.593. The molecular formula is C15H14Cl3NO. The summed E-state index contributed by atoms with van der Waals surface area (Å²) < 4.78 is 5.40. The zero-order chi connectivity index (χ0) is 14.5. The molecule has 0 bridgehead atoms. The van der Waals surface area contributed by atoms with Gasteiger partial charge in [0.1, 0.15) is 5.75 Å². The van der Waals surface area contributed by atoms with Gasteiger partial charge in [-0.05, 0) is 42.8 Å². The molecule has 0 atom stereocenters. The zero-order valence-electron chi connectivity index (χ0n) is 10.9. The van der Waals surface area contributed by atoms with E-state index in [1.54, 1.807) is 18.2 Å². The fraction of sp³-hybridized carbons (Fsp3) is 0.200. The quantitative estimate of drug-likeness (QED) is 0.764. The third-order valence-electron chi connectivity index (χ3n) is 2.71. The second kappa shape index (κ2) is 7.07. The third-order valence-corrected chi connectivity index (χ3v) is 3.57. The molecule has 0 radical (unpaired) electrons. The molecule has 0 aromatic heterocycles. The van der Waals surface area contributed by atoms with Crippen LogP contribution in [-0.2, 0) is 6.54 Å². The molecule has 5 heteroatoms. The average molecular weight is 331 g/mol. The molecule has 1 N–H and O–H groups in total. The van der Waals surface area contributed by atoms with Crippen molar-refractivity contribution in [1.29, 1.82) is 0 Å². The molecule has 2 aromatic rings. The molecule has 2 nitrogen and oxygen atoms in total. The van der Waals surface area contributed by atoms with E-state index in [0.29, 0.717) is 34.0 Å². The monoisotopic (exact) mass is 329 g/mol. The van der Waals surface area contributed by atoms with Crippen molar-refractivity contribution in [3.05, 3.63) is 57.0 Å². The number of ether oxygens (including phenoxy) is 1. The van der Waals surface area contributed by atoms with Crippen LogP contribution >= 0.6 is 34.8 Å². The molecule has 0 amide bonds. The van der Waals surface area contributed by atoms with Crippen molar-refractivity contribution in [2.75, 3.05) is 11.9 Å². The molecule has 0 fully saturated rings. The van der Waals surface area contributed by atoms with Gasteiger partial charge in [-0.15, -0.1) is 0 Å². The third kappa shape index (κ3) is 3.95. The van der Waals surface area contributed by atoms with Crippen LogP contribution < -0.4 is 10.1 Å². The van der Waals surface area contributed by atoms with Crippen molar-refractivity contribution in [3.8, 4) is 5.75 Å². The Bertz CT molecular complexity index is 602. The lowest BCUT2D eigenvalue weighted by molar-refractivity contribution is 0.340. The predicted octanol–water partition coefficient (Wildman–Crippen LogP) is 5.66. The lowest BCUT2D eigenvalue weighted by atomic mass is 10.2. The van der Waals surface area contributed by atoms with Gasteiger partial charge in [-0.2, -0.15) is 0 Å². The van der Waals surface area contributed by atoms with E-state index < -0.39 is 0 Å². The van der Waals surface area contributed by atoms with Crippen LogP contribution in [0, 0.1) is 0 Å². The largest absolute Gasteiger partial charge is 0.492 e. The Morgan fingerprint density at radius 2 is 1.80 bits per heavy atom. The summed E-state index contributed by atoms with van der Waals surface area (Å²) in [4.78, 5) is 0. The SMILES string of the molecule is CCOc1ccc(CNc2cc(Cl)ccc2Cl)cc1Cl. The Morgan fingerprint density at radius 1 is 1.00 bits per heavy atom. The summed E-state index contributed by atoms with van der Waals surface area (Å²) in [5.74, 6) is 0.693. The van der Waals surface area contributed by atoms with Gasteiger partial charge in [-0.1, -0.05) is 40.9 Å². The minimum atomic E-state index is 0.593. The van der Waals surface area contributed by atoms with Gasteiger partial charge in [0.15, 0.2) is 0 Å². The highest BCUT2D eigenvalue weighted by molar-refractivity contribution is 6.35. The molecule has 0 saturated heterocycles. The number of rotatable bonds is 5. The van der Waals surface area contributed by atoms with Crippen LogP contribution in [-0.4, -0.2) is 6.61 Å². The Morgan fingerprint density at radius 3 is 2.50 bits per heavy atom. The van der Waals surface area contributed by atoms with Crippen LogP contribution in [0.15, 0.2) is 36.4 Å². The number of nitrogens with one attached hydrogen (secondary N) is 1. The molecule has 0 aliphatic heterocycles. The molecule has 0 spiro atoms. The standard InChI is InChI=1S/C15H14Cl3NO/c1-2-20-15-6-3-10(7-13(15)18)9-19-14-8-11(16)4-5-12(14)17/h3-8,19H,2,9H2,1H3. The molecule has 0 heterocycles. The van der Waals surface area contributed by atoms with Crippen LogP contribution in [0.3, 0.4) is 0 Å². The average Bonchev–Trinajstić information content (AvgIpc) is 2.43. The highest BCUT2D eigenvalue weighted by atomic mass is 35.5. The van der Waals surface area contributed by atoms with E-state index >= 15 is 0 Å². The topological polar surface area (TPSA) is 21.3 Å². The molecule has 0 unspecified atom stereocenters. The smallest absolute Gasteiger partial charge is 0.137 e. The van der Waals surface area contributed by atoms with Gasteiger partial charge in [0, 0.05) is 11.6 Å².